The van der Waals surface area contributed by atoms with Gasteiger partial charge >= 0.3 is 0 Å². The van der Waals surface area contributed by atoms with E-state index in [0.717, 1.165) is 0 Å². The Bertz CT molecular complexity index is 460. The van der Waals surface area contributed by atoms with Crippen molar-refractivity contribution in [3.63, 3.8) is 0 Å². The Kier molecular flexibility index (Phi) is 4.83. The summed E-state index contributed by atoms with van der Waals surface area (Å²) >= 11 is 0. The molecule has 2 amide bonds. The number of benzene rings is 1. The Hall–Kier alpha value is -1.91. The molecular formula is C13H17FN2O2. The fraction of sp³-hybridized carbons (Fsp3) is 0.385. The van der Waals surface area contributed by atoms with Gasteiger partial charge in [-0.15, -0.1) is 0 Å². The number of anilines is 2. The first kappa shape index (κ1) is 14.2. The van der Waals surface area contributed by atoms with E-state index in [4.69, 9.17) is 0 Å². The number of amides is 2. The molecule has 0 aliphatic carbocycles. The van der Waals surface area contributed by atoms with Crippen LogP contribution in [0.25, 0.3) is 0 Å². The summed E-state index contributed by atoms with van der Waals surface area (Å²) in [6.45, 7) is 5.01. The minimum absolute atomic E-state index is 0.0755. The van der Waals surface area contributed by atoms with Crippen molar-refractivity contribution in [1.82, 2.24) is 0 Å². The van der Waals surface area contributed by atoms with E-state index in [2.05, 4.69) is 10.6 Å². The molecule has 18 heavy (non-hydrogen) atoms. The molecule has 0 unspecified atom stereocenters. The van der Waals surface area contributed by atoms with Crippen LogP contribution in [-0.4, -0.2) is 11.8 Å². The van der Waals surface area contributed by atoms with Gasteiger partial charge in [0.05, 0.1) is 5.69 Å². The summed E-state index contributed by atoms with van der Waals surface area (Å²) in [6.07, 6.45) is 0.679. The normalized spacial score (nSPS) is 11.8. The fourth-order valence-electron chi connectivity index (χ4n) is 1.34. The topological polar surface area (TPSA) is 58.2 Å². The van der Waals surface area contributed by atoms with Crippen molar-refractivity contribution < 1.29 is 14.0 Å². The third-order valence-electron chi connectivity index (χ3n) is 2.60. The maximum absolute atomic E-state index is 13.5. The SMILES string of the molecule is CC[C@@H](C)C(=O)Nc1cc(NC(C)=O)ccc1F. The summed E-state index contributed by atoms with van der Waals surface area (Å²) < 4.78 is 13.5. The first-order valence-corrected chi connectivity index (χ1v) is 5.82. The van der Waals surface area contributed by atoms with Crippen molar-refractivity contribution in [3.8, 4) is 0 Å². The summed E-state index contributed by atoms with van der Waals surface area (Å²) in [7, 11) is 0. The van der Waals surface area contributed by atoms with Crippen molar-refractivity contribution in [2.24, 2.45) is 5.92 Å². The van der Waals surface area contributed by atoms with E-state index in [1.807, 2.05) is 6.92 Å². The zero-order valence-corrected chi connectivity index (χ0v) is 10.7. The average Bonchev–Trinajstić information content (AvgIpc) is 2.31. The summed E-state index contributed by atoms with van der Waals surface area (Å²) in [5, 5.41) is 5.04. The minimum atomic E-state index is -0.527. The molecule has 1 aromatic carbocycles. The van der Waals surface area contributed by atoms with Crippen LogP contribution in [0.15, 0.2) is 18.2 Å². The molecule has 5 heteroatoms. The third kappa shape index (κ3) is 3.84. The molecule has 0 bridgehead atoms. The molecule has 0 spiro atoms. The molecule has 0 aliphatic rings. The zero-order valence-electron chi connectivity index (χ0n) is 10.7. The van der Waals surface area contributed by atoms with Crippen LogP contribution in [0.5, 0.6) is 0 Å². The summed E-state index contributed by atoms with van der Waals surface area (Å²) in [6, 6.07) is 4.05. The number of halogens is 1. The molecule has 98 valence electrons. The number of hydrogen-bond acceptors (Lipinski definition) is 2. The number of carbonyl (C=O) groups is 2. The van der Waals surface area contributed by atoms with Crippen LogP contribution in [0.1, 0.15) is 27.2 Å². The van der Waals surface area contributed by atoms with Crippen LogP contribution in [0.4, 0.5) is 15.8 Å². The van der Waals surface area contributed by atoms with Gasteiger partial charge < -0.3 is 10.6 Å². The van der Waals surface area contributed by atoms with Gasteiger partial charge in [-0.3, -0.25) is 9.59 Å². The highest BCUT2D eigenvalue weighted by Gasteiger charge is 2.13. The third-order valence-corrected chi connectivity index (χ3v) is 2.60. The van der Waals surface area contributed by atoms with Gasteiger partial charge in [0.25, 0.3) is 0 Å². The molecule has 0 saturated heterocycles. The van der Waals surface area contributed by atoms with E-state index in [-0.39, 0.29) is 23.4 Å². The van der Waals surface area contributed by atoms with Gasteiger partial charge in [-0.2, -0.15) is 0 Å². The molecule has 0 saturated carbocycles. The van der Waals surface area contributed by atoms with Crippen molar-refractivity contribution >= 4 is 23.2 Å². The van der Waals surface area contributed by atoms with Crippen LogP contribution < -0.4 is 10.6 Å². The van der Waals surface area contributed by atoms with Gasteiger partial charge in [0, 0.05) is 18.5 Å². The Morgan fingerprint density at radius 3 is 2.56 bits per heavy atom. The highest BCUT2D eigenvalue weighted by molar-refractivity contribution is 5.94. The summed E-state index contributed by atoms with van der Waals surface area (Å²) in [5.41, 5.74) is 0.523. The Labute approximate surface area is 106 Å². The van der Waals surface area contributed by atoms with Gasteiger partial charge in [-0.25, -0.2) is 4.39 Å². The van der Waals surface area contributed by atoms with Crippen LogP contribution in [-0.2, 0) is 9.59 Å². The molecule has 1 atom stereocenters. The van der Waals surface area contributed by atoms with Crippen LogP contribution in [0, 0.1) is 11.7 Å². The predicted octanol–water partition coefficient (Wildman–Crippen LogP) is 2.77. The minimum Gasteiger partial charge on any atom is -0.326 e. The second kappa shape index (κ2) is 6.14. The maximum Gasteiger partial charge on any atom is 0.227 e. The van der Waals surface area contributed by atoms with Gasteiger partial charge in [-0.1, -0.05) is 13.8 Å². The number of carbonyl (C=O) groups excluding carboxylic acids is 2. The Balaban J connectivity index is 2.87. The van der Waals surface area contributed by atoms with Gasteiger partial charge in [0.15, 0.2) is 0 Å². The number of rotatable bonds is 4. The first-order chi connectivity index (χ1) is 8.43. The fourth-order valence-corrected chi connectivity index (χ4v) is 1.34. The van der Waals surface area contributed by atoms with E-state index < -0.39 is 5.82 Å². The summed E-state index contributed by atoms with van der Waals surface area (Å²) in [5.74, 6) is -1.20. The molecule has 4 nitrogen and oxygen atoms in total. The van der Waals surface area contributed by atoms with Crippen molar-refractivity contribution in [2.45, 2.75) is 27.2 Å². The standard InChI is InChI=1S/C13H17FN2O2/c1-4-8(2)13(18)16-12-7-10(15-9(3)17)5-6-11(12)14/h5-8H,4H2,1-3H3,(H,15,17)(H,16,18)/t8-/m1/s1. The predicted molar refractivity (Wildman–Crippen MR) is 68.8 cm³/mol. The molecule has 2 N–H and O–H groups in total. The van der Waals surface area contributed by atoms with E-state index in [0.29, 0.717) is 12.1 Å². The zero-order chi connectivity index (χ0) is 13.7. The molecule has 0 heterocycles. The van der Waals surface area contributed by atoms with Crippen molar-refractivity contribution in [3.05, 3.63) is 24.0 Å². The smallest absolute Gasteiger partial charge is 0.227 e. The number of hydrogen-bond donors (Lipinski definition) is 2. The lowest BCUT2D eigenvalue weighted by atomic mass is 10.1. The lowest BCUT2D eigenvalue weighted by Crippen LogP contribution is -2.20. The lowest BCUT2D eigenvalue weighted by molar-refractivity contribution is -0.119. The average molecular weight is 252 g/mol. The van der Waals surface area contributed by atoms with Crippen molar-refractivity contribution in [2.75, 3.05) is 10.6 Å². The maximum atomic E-state index is 13.5. The molecule has 0 aromatic heterocycles. The lowest BCUT2D eigenvalue weighted by Gasteiger charge is -2.12. The molecule has 1 rings (SSSR count). The van der Waals surface area contributed by atoms with E-state index >= 15 is 0 Å². The molecular weight excluding hydrogens is 235 g/mol. The number of nitrogens with one attached hydrogen (secondary N) is 2. The van der Waals surface area contributed by atoms with Gasteiger partial charge in [-0.05, 0) is 24.6 Å². The van der Waals surface area contributed by atoms with Gasteiger partial charge in [0.2, 0.25) is 11.8 Å². The second-order valence-corrected chi connectivity index (χ2v) is 4.17. The second-order valence-electron chi connectivity index (χ2n) is 4.17. The van der Waals surface area contributed by atoms with E-state index in [1.165, 1.54) is 25.1 Å². The quantitative estimate of drug-likeness (QED) is 0.865. The largest absolute Gasteiger partial charge is 0.326 e. The monoisotopic (exact) mass is 252 g/mol. The van der Waals surface area contributed by atoms with Gasteiger partial charge in [0.1, 0.15) is 5.82 Å². The molecule has 1 aromatic rings. The van der Waals surface area contributed by atoms with Crippen molar-refractivity contribution in [1.29, 1.82) is 0 Å². The highest BCUT2D eigenvalue weighted by Crippen LogP contribution is 2.20. The summed E-state index contributed by atoms with van der Waals surface area (Å²) in [4.78, 5) is 22.6. The van der Waals surface area contributed by atoms with Crippen LogP contribution in [0.2, 0.25) is 0 Å². The van der Waals surface area contributed by atoms with Crippen LogP contribution >= 0.6 is 0 Å². The molecule has 0 aliphatic heterocycles. The Morgan fingerprint density at radius 1 is 1.33 bits per heavy atom. The Morgan fingerprint density at radius 2 is 2.00 bits per heavy atom. The first-order valence-electron chi connectivity index (χ1n) is 5.82. The molecule has 0 fully saturated rings. The van der Waals surface area contributed by atoms with E-state index in [1.54, 1.807) is 6.92 Å². The van der Waals surface area contributed by atoms with Crippen LogP contribution in [0.3, 0.4) is 0 Å². The highest BCUT2D eigenvalue weighted by atomic mass is 19.1. The molecule has 0 radical (unpaired) electrons. The van der Waals surface area contributed by atoms with E-state index in [9.17, 15) is 14.0 Å².